The molecular formula is C30H26O10. The summed E-state index contributed by atoms with van der Waals surface area (Å²) in [5.41, 5.74) is 1.49. The molecule has 0 unspecified atom stereocenters. The second-order valence-electron chi connectivity index (χ2n) is 10.0. The van der Waals surface area contributed by atoms with Crippen LogP contribution in [0.2, 0.25) is 0 Å². The predicted molar refractivity (Wildman–Crippen MR) is 140 cm³/mol. The van der Waals surface area contributed by atoms with E-state index >= 15 is 0 Å². The maximum absolute atomic E-state index is 11.6. The largest absolute Gasteiger partial charge is 0.508 e. The Hall–Kier alpha value is -4.80. The maximum atomic E-state index is 11.6. The molecular weight excluding hydrogens is 520 g/mol. The summed E-state index contributed by atoms with van der Waals surface area (Å²) >= 11 is 0. The molecule has 0 saturated heterocycles. The Morgan fingerprint density at radius 1 is 0.600 bits per heavy atom. The highest BCUT2D eigenvalue weighted by molar-refractivity contribution is 5.63. The highest BCUT2D eigenvalue weighted by Crippen LogP contribution is 2.54. The van der Waals surface area contributed by atoms with Crippen molar-refractivity contribution in [2.75, 3.05) is 0 Å². The Kier molecular flexibility index (Phi) is 6.01. The minimum atomic E-state index is -1.32. The van der Waals surface area contributed by atoms with Crippen LogP contribution < -0.4 is 9.47 Å². The molecule has 0 amide bonds. The molecule has 40 heavy (non-hydrogen) atoms. The van der Waals surface area contributed by atoms with Gasteiger partial charge in [-0.05, 0) is 41.5 Å². The molecule has 5 atom stereocenters. The van der Waals surface area contributed by atoms with Crippen LogP contribution in [0.25, 0.3) is 0 Å². The quantitative estimate of drug-likeness (QED) is 0.177. The van der Waals surface area contributed by atoms with Crippen molar-refractivity contribution in [3.63, 3.8) is 0 Å². The predicted octanol–water partition coefficient (Wildman–Crippen LogP) is 3.58. The van der Waals surface area contributed by atoms with E-state index in [1.54, 1.807) is 12.1 Å². The monoisotopic (exact) mass is 546 g/mol. The van der Waals surface area contributed by atoms with E-state index in [0.29, 0.717) is 16.7 Å². The number of hydrogen-bond acceptors (Lipinski definition) is 10. The summed E-state index contributed by atoms with van der Waals surface area (Å²) in [5.74, 6) is -2.22. The average molecular weight is 547 g/mol. The molecule has 0 radical (unpaired) electrons. The van der Waals surface area contributed by atoms with Crippen LogP contribution in [0.3, 0.4) is 0 Å². The van der Waals surface area contributed by atoms with Crippen molar-refractivity contribution >= 4 is 0 Å². The van der Waals surface area contributed by atoms with E-state index in [0.717, 1.165) is 0 Å². The summed E-state index contributed by atoms with van der Waals surface area (Å²) in [4.78, 5) is 0. The lowest BCUT2D eigenvalue weighted by molar-refractivity contribution is 0.00667. The first kappa shape index (κ1) is 25.5. The van der Waals surface area contributed by atoms with Crippen molar-refractivity contribution in [1.29, 1.82) is 0 Å². The summed E-state index contributed by atoms with van der Waals surface area (Å²) < 4.78 is 12.0. The highest BCUT2D eigenvalue weighted by Gasteiger charge is 2.43. The van der Waals surface area contributed by atoms with Gasteiger partial charge in [-0.1, -0.05) is 24.3 Å². The molecule has 4 aromatic carbocycles. The second kappa shape index (κ2) is 9.44. The third kappa shape index (κ3) is 4.14. The Labute approximate surface area is 227 Å². The molecule has 10 nitrogen and oxygen atoms in total. The van der Waals surface area contributed by atoms with Crippen molar-refractivity contribution in [3.05, 3.63) is 94.5 Å². The lowest BCUT2D eigenvalue weighted by Crippen LogP contribution is -2.35. The molecule has 2 heterocycles. The number of benzene rings is 4. The van der Waals surface area contributed by atoms with Gasteiger partial charge < -0.3 is 50.3 Å². The number of hydrogen-bond donors (Lipinski definition) is 8. The van der Waals surface area contributed by atoms with Crippen LogP contribution >= 0.6 is 0 Å². The Bertz CT molecular complexity index is 1600. The van der Waals surface area contributed by atoms with Crippen molar-refractivity contribution in [2.24, 2.45) is 0 Å². The van der Waals surface area contributed by atoms with Gasteiger partial charge in [0.25, 0.3) is 0 Å². The van der Waals surface area contributed by atoms with Crippen molar-refractivity contribution in [3.8, 4) is 46.0 Å². The molecule has 0 spiro atoms. The first-order valence-electron chi connectivity index (χ1n) is 12.5. The summed E-state index contributed by atoms with van der Waals surface area (Å²) in [6.45, 7) is 0. The summed E-state index contributed by atoms with van der Waals surface area (Å²) in [7, 11) is 0. The molecule has 10 heteroatoms. The van der Waals surface area contributed by atoms with E-state index < -0.39 is 30.3 Å². The summed E-state index contributed by atoms with van der Waals surface area (Å²) in [6, 6.07) is 15.6. The molecule has 0 saturated carbocycles. The van der Waals surface area contributed by atoms with Crippen molar-refractivity contribution in [1.82, 2.24) is 0 Å². The first-order chi connectivity index (χ1) is 19.1. The van der Waals surface area contributed by atoms with Gasteiger partial charge in [0.15, 0.2) is 17.6 Å². The van der Waals surface area contributed by atoms with E-state index in [9.17, 15) is 40.9 Å². The van der Waals surface area contributed by atoms with Crippen molar-refractivity contribution < 1.29 is 50.3 Å². The number of aliphatic hydroxyl groups is 2. The SMILES string of the molecule is Oc1ccc([C@@H]2Oc3cc(O)ccc3[C@H](c3c(O)cc4c(c3O)C[C@@H](O)[C@@H](c3ccc(O)c(O)c3)O4)[C@@H]2O)cc1. The number of rotatable bonds is 3. The molecule has 2 aliphatic rings. The molecule has 2 aliphatic heterocycles. The number of fused-ring (bicyclic) bond motifs is 2. The normalized spacial score (nSPS) is 23.4. The number of phenols is 6. The Morgan fingerprint density at radius 2 is 1.27 bits per heavy atom. The third-order valence-corrected chi connectivity index (χ3v) is 7.50. The molecule has 0 fully saturated rings. The Morgan fingerprint density at radius 3 is 2.00 bits per heavy atom. The standard InChI is InChI=1S/C30H26O10/c31-15-4-1-13(2-5-15)30-28(38)25(17-7-6-16(32)10-23(17)40-30)26-21(35)12-24-18(27(26)37)11-22(36)29(39-24)14-3-8-19(33)20(34)9-14/h1-10,12,22,25,28-38H,11H2/t22-,25-,28+,29-,30+/m1/s1. The van der Waals surface area contributed by atoms with Gasteiger partial charge in [-0.3, -0.25) is 0 Å². The van der Waals surface area contributed by atoms with Gasteiger partial charge in [0, 0.05) is 41.2 Å². The van der Waals surface area contributed by atoms with Crippen LogP contribution in [0.15, 0.2) is 66.7 Å². The van der Waals surface area contributed by atoms with Gasteiger partial charge in [0.2, 0.25) is 0 Å². The first-order valence-corrected chi connectivity index (χ1v) is 12.5. The number of aromatic hydroxyl groups is 6. The molecule has 0 aromatic heterocycles. The highest BCUT2D eigenvalue weighted by atomic mass is 16.5. The van der Waals surface area contributed by atoms with E-state index in [2.05, 4.69) is 0 Å². The van der Waals surface area contributed by atoms with E-state index in [4.69, 9.17) is 9.47 Å². The topological polar surface area (TPSA) is 180 Å². The Balaban J connectivity index is 1.44. The van der Waals surface area contributed by atoms with Crippen LogP contribution in [0.1, 0.15) is 45.9 Å². The maximum Gasteiger partial charge on any atom is 0.157 e. The zero-order valence-electron chi connectivity index (χ0n) is 20.8. The summed E-state index contributed by atoms with van der Waals surface area (Å²) in [5, 5.41) is 84.5. The van der Waals surface area contributed by atoms with Gasteiger partial charge >= 0.3 is 0 Å². The van der Waals surface area contributed by atoms with Crippen LogP contribution in [-0.4, -0.2) is 53.1 Å². The van der Waals surface area contributed by atoms with Crippen LogP contribution in [0.4, 0.5) is 0 Å². The lowest BCUT2D eigenvalue weighted by atomic mass is 9.78. The van der Waals surface area contributed by atoms with Crippen LogP contribution in [0, 0.1) is 0 Å². The lowest BCUT2D eigenvalue weighted by Gasteiger charge is -2.39. The fourth-order valence-corrected chi connectivity index (χ4v) is 5.54. The second-order valence-corrected chi connectivity index (χ2v) is 10.0. The van der Waals surface area contributed by atoms with E-state index in [1.807, 2.05) is 0 Å². The molecule has 0 bridgehead atoms. The number of phenolic OH excluding ortho intramolecular Hbond substituents is 6. The smallest absolute Gasteiger partial charge is 0.157 e. The fourth-order valence-electron chi connectivity index (χ4n) is 5.54. The van der Waals surface area contributed by atoms with E-state index in [1.165, 1.54) is 54.6 Å². The van der Waals surface area contributed by atoms with E-state index in [-0.39, 0.29) is 63.5 Å². The van der Waals surface area contributed by atoms with Crippen LogP contribution in [-0.2, 0) is 6.42 Å². The molecule has 206 valence electrons. The molecule has 0 aliphatic carbocycles. The molecule has 8 N–H and O–H groups in total. The average Bonchev–Trinajstić information content (AvgIpc) is 2.92. The zero-order chi connectivity index (χ0) is 28.3. The van der Waals surface area contributed by atoms with Gasteiger partial charge in [-0.25, -0.2) is 0 Å². The number of ether oxygens (including phenoxy) is 2. The van der Waals surface area contributed by atoms with Gasteiger partial charge in [-0.15, -0.1) is 0 Å². The van der Waals surface area contributed by atoms with Gasteiger partial charge in [0.05, 0.1) is 6.10 Å². The fraction of sp³-hybridized carbons (Fsp3) is 0.200. The molecule has 6 rings (SSSR count). The van der Waals surface area contributed by atoms with Crippen molar-refractivity contribution in [2.45, 2.75) is 36.8 Å². The summed E-state index contributed by atoms with van der Waals surface area (Å²) in [6.07, 6.45) is -4.50. The van der Waals surface area contributed by atoms with Gasteiger partial charge in [-0.2, -0.15) is 0 Å². The van der Waals surface area contributed by atoms with Crippen LogP contribution in [0.5, 0.6) is 46.0 Å². The zero-order valence-corrected chi connectivity index (χ0v) is 20.8. The van der Waals surface area contributed by atoms with Gasteiger partial charge in [0.1, 0.15) is 46.7 Å². The number of aliphatic hydroxyl groups excluding tert-OH is 2. The molecule has 4 aromatic rings. The minimum absolute atomic E-state index is 0.0122. The minimum Gasteiger partial charge on any atom is -0.508 e. The third-order valence-electron chi connectivity index (χ3n) is 7.50.